The molecule has 0 unspecified atom stereocenters. The summed E-state index contributed by atoms with van der Waals surface area (Å²) in [6, 6.07) is 77.9. The van der Waals surface area contributed by atoms with E-state index in [0.29, 0.717) is 17.5 Å². The molecule has 11 aromatic carbocycles. The van der Waals surface area contributed by atoms with E-state index in [1.807, 2.05) is 41.7 Å². The third-order valence-corrected chi connectivity index (χ3v) is 15.2. The number of benzene rings is 11. The number of para-hydroxylation sites is 2. The lowest BCUT2D eigenvalue weighted by Crippen LogP contribution is -2.00. The maximum atomic E-state index is 6.75. The van der Waals surface area contributed by atoms with Gasteiger partial charge in [-0.1, -0.05) is 164 Å². The Labute approximate surface area is 398 Å². The van der Waals surface area contributed by atoms with Crippen LogP contribution < -0.4 is 0 Å². The highest BCUT2D eigenvalue weighted by atomic mass is 32.1. The molecule has 0 amide bonds. The molecule has 6 heteroatoms. The normalized spacial score (nSPS) is 12.1. The van der Waals surface area contributed by atoms with Gasteiger partial charge in [-0.2, -0.15) is 0 Å². The molecule has 0 N–H and O–H groups in total. The van der Waals surface area contributed by atoms with Gasteiger partial charge >= 0.3 is 0 Å². The Hall–Kier alpha value is -8.97. The van der Waals surface area contributed by atoms with Gasteiger partial charge in [-0.15, -0.1) is 11.3 Å². The molecular formula is C63H36N4OS. The van der Waals surface area contributed by atoms with Gasteiger partial charge in [0.2, 0.25) is 0 Å². The molecular weight excluding hydrogens is 861 g/mol. The standard InChI is InChI=1S/C63H36N4OS/c1-2-15-37(16-3-1)61-64-62(39-29-31-44-42-19-5-4-17-40(42)41-18-6-7-20-43(41)49(44)36-39)66-63(65-61)48-24-14-27-55-59(48)50-35-38(30-33-54(50)68-55)58-53(32-34-57-60(58)47-23-10-13-28-56(47)69-57)67-51-25-11-8-21-45(51)46-22-9-12-26-52(46)67/h1-36H. The monoisotopic (exact) mass is 896 g/mol. The molecule has 0 fully saturated rings. The molecule has 5 nitrogen and oxygen atoms in total. The summed E-state index contributed by atoms with van der Waals surface area (Å²) in [6.45, 7) is 0. The SMILES string of the molecule is c1ccc(-c2nc(-c3ccc4c5ccccc5c5ccccc5c4c3)nc(-c3cccc4oc5ccc(-c6c(-n7c8ccccc8c8ccccc87)ccc7sc8ccccc8c67)cc5c34)n2)cc1. The molecule has 4 aromatic heterocycles. The molecule has 0 aliphatic rings. The zero-order chi connectivity index (χ0) is 45.2. The molecule has 15 aromatic rings. The third-order valence-electron chi connectivity index (χ3n) is 14.0. The van der Waals surface area contributed by atoms with Crippen molar-refractivity contribution in [3.05, 3.63) is 218 Å². The highest BCUT2D eigenvalue weighted by molar-refractivity contribution is 7.26. The molecule has 69 heavy (non-hydrogen) atoms. The summed E-state index contributed by atoms with van der Waals surface area (Å²) >= 11 is 1.84. The summed E-state index contributed by atoms with van der Waals surface area (Å²) in [6.07, 6.45) is 0. The summed E-state index contributed by atoms with van der Waals surface area (Å²) in [5, 5.41) is 14.2. The van der Waals surface area contributed by atoms with Crippen molar-refractivity contribution in [2.24, 2.45) is 0 Å². The first-order valence-electron chi connectivity index (χ1n) is 23.3. The molecule has 320 valence electrons. The van der Waals surface area contributed by atoms with Gasteiger partial charge in [-0.3, -0.25) is 0 Å². The van der Waals surface area contributed by atoms with Gasteiger partial charge < -0.3 is 8.98 Å². The van der Waals surface area contributed by atoms with Crippen LogP contribution in [0.15, 0.2) is 223 Å². The minimum atomic E-state index is 0.581. The third kappa shape index (κ3) is 5.73. The number of nitrogens with zero attached hydrogens (tertiary/aromatic N) is 4. The van der Waals surface area contributed by atoms with E-state index in [1.54, 1.807) is 0 Å². The van der Waals surface area contributed by atoms with Crippen LogP contribution in [-0.2, 0) is 0 Å². The molecule has 0 aliphatic carbocycles. The first-order chi connectivity index (χ1) is 34.2. The lowest BCUT2D eigenvalue weighted by molar-refractivity contribution is 0.669. The fourth-order valence-corrected chi connectivity index (χ4v) is 12.1. The number of furan rings is 1. The van der Waals surface area contributed by atoms with Crippen LogP contribution >= 0.6 is 11.3 Å². The predicted octanol–water partition coefficient (Wildman–Crippen LogP) is 17.4. The van der Waals surface area contributed by atoms with Gasteiger partial charge in [0.25, 0.3) is 0 Å². The maximum absolute atomic E-state index is 6.75. The Kier molecular flexibility index (Phi) is 8.17. The van der Waals surface area contributed by atoms with Crippen molar-refractivity contribution in [1.82, 2.24) is 19.5 Å². The van der Waals surface area contributed by atoms with Gasteiger partial charge in [-0.25, -0.2) is 15.0 Å². The number of hydrogen-bond acceptors (Lipinski definition) is 5. The number of fused-ring (bicyclic) bond motifs is 15. The highest BCUT2D eigenvalue weighted by Crippen LogP contribution is 2.47. The molecule has 0 bridgehead atoms. The van der Waals surface area contributed by atoms with Crippen molar-refractivity contribution in [2.75, 3.05) is 0 Å². The number of rotatable bonds is 5. The Morgan fingerprint density at radius 3 is 1.62 bits per heavy atom. The number of hydrogen-bond donors (Lipinski definition) is 0. The second-order valence-electron chi connectivity index (χ2n) is 17.8. The molecule has 0 radical (unpaired) electrons. The fourth-order valence-electron chi connectivity index (χ4n) is 11.0. The van der Waals surface area contributed by atoms with Gasteiger partial charge in [0.1, 0.15) is 11.2 Å². The van der Waals surface area contributed by atoms with Crippen molar-refractivity contribution < 1.29 is 4.42 Å². The van der Waals surface area contributed by atoms with E-state index in [-0.39, 0.29) is 0 Å². The summed E-state index contributed by atoms with van der Waals surface area (Å²) < 4.78 is 11.7. The topological polar surface area (TPSA) is 56.7 Å². The molecule has 0 atom stereocenters. The first kappa shape index (κ1) is 38.2. The number of thiophene rings is 1. The highest BCUT2D eigenvalue weighted by Gasteiger charge is 2.23. The fraction of sp³-hybridized carbons (Fsp3) is 0. The second-order valence-corrected chi connectivity index (χ2v) is 18.9. The lowest BCUT2D eigenvalue weighted by Gasteiger charge is -2.16. The average molecular weight is 897 g/mol. The molecule has 4 heterocycles. The molecule has 15 rings (SSSR count). The number of aromatic nitrogens is 4. The molecule has 0 aliphatic heterocycles. The van der Waals surface area contributed by atoms with E-state index in [1.165, 1.54) is 74.5 Å². The largest absolute Gasteiger partial charge is 0.456 e. The van der Waals surface area contributed by atoms with Crippen LogP contribution in [0.25, 0.3) is 147 Å². The van der Waals surface area contributed by atoms with Crippen LogP contribution in [0.5, 0.6) is 0 Å². The minimum Gasteiger partial charge on any atom is -0.456 e. The molecule has 0 saturated heterocycles. The van der Waals surface area contributed by atoms with E-state index in [0.717, 1.165) is 55.3 Å². The predicted molar refractivity (Wildman–Crippen MR) is 289 cm³/mol. The quantitative estimate of drug-likeness (QED) is 0.162. The van der Waals surface area contributed by atoms with E-state index in [9.17, 15) is 0 Å². The van der Waals surface area contributed by atoms with Crippen LogP contribution in [0.1, 0.15) is 0 Å². The zero-order valence-electron chi connectivity index (χ0n) is 36.9. The Morgan fingerprint density at radius 1 is 0.333 bits per heavy atom. The van der Waals surface area contributed by atoms with Crippen LogP contribution in [0.2, 0.25) is 0 Å². The van der Waals surface area contributed by atoms with E-state index >= 15 is 0 Å². The van der Waals surface area contributed by atoms with Gasteiger partial charge in [0, 0.05) is 64.0 Å². The van der Waals surface area contributed by atoms with Crippen LogP contribution in [0.3, 0.4) is 0 Å². The maximum Gasteiger partial charge on any atom is 0.164 e. The van der Waals surface area contributed by atoms with Crippen molar-refractivity contribution >= 4 is 108 Å². The Balaban J connectivity index is 0.982. The van der Waals surface area contributed by atoms with Crippen molar-refractivity contribution in [2.45, 2.75) is 0 Å². The first-order valence-corrected chi connectivity index (χ1v) is 24.1. The lowest BCUT2D eigenvalue weighted by atomic mass is 9.93. The van der Waals surface area contributed by atoms with Crippen LogP contribution in [0, 0.1) is 0 Å². The van der Waals surface area contributed by atoms with Crippen molar-refractivity contribution in [3.63, 3.8) is 0 Å². The Morgan fingerprint density at radius 2 is 0.899 bits per heavy atom. The van der Waals surface area contributed by atoms with Gasteiger partial charge in [-0.05, 0) is 92.5 Å². The average Bonchev–Trinajstić information content (AvgIpc) is 4.10. The minimum absolute atomic E-state index is 0.581. The summed E-state index contributed by atoms with van der Waals surface area (Å²) in [7, 11) is 0. The van der Waals surface area contributed by atoms with Crippen LogP contribution in [-0.4, -0.2) is 19.5 Å². The van der Waals surface area contributed by atoms with E-state index in [4.69, 9.17) is 19.4 Å². The van der Waals surface area contributed by atoms with Gasteiger partial charge in [0.15, 0.2) is 17.5 Å². The molecule has 0 saturated carbocycles. The molecule has 0 spiro atoms. The van der Waals surface area contributed by atoms with E-state index < -0.39 is 0 Å². The van der Waals surface area contributed by atoms with Crippen molar-refractivity contribution in [1.29, 1.82) is 0 Å². The van der Waals surface area contributed by atoms with Gasteiger partial charge in [0.05, 0.1) is 16.7 Å². The summed E-state index contributed by atoms with van der Waals surface area (Å²) in [5.41, 5.74) is 10.0. The Bertz CT molecular complexity index is 4530. The second kappa shape index (κ2) is 14.8. The smallest absolute Gasteiger partial charge is 0.164 e. The van der Waals surface area contributed by atoms with Crippen LogP contribution in [0.4, 0.5) is 0 Å². The summed E-state index contributed by atoms with van der Waals surface area (Å²) in [5.74, 6) is 1.80. The van der Waals surface area contributed by atoms with E-state index in [2.05, 4.69) is 193 Å². The van der Waals surface area contributed by atoms with Crippen molar-refractivity contribution in [3.8, 4) is 51.0 Å². The summed E-state index contributed by atoms with van der Waals surface area (Å²) in [4.78, 5) is 15.9. The zero-order valence-corrected chi connectivity index (χ0v) is 37.7.